The van der Waals surface area contributed by atoms with Gasteiger partial charge in [-0.25, -0.2) is 0 Å². The number of carbonyl (C=O) groups excluding carboxylic acids is 2. The zero-order chi connectivity index (χ0) is 25.5. The van der Waals surface area contributed by atoms with Crippen molar-refractivity contribution in [3.05, 3.63) is 53.1 Å². The van der Waals surface area contributed by atoms with Gasteiger partial charge in [0, 0.05) is 11.6 Å². The molecule has 0 radical (unpaired) electrons. The molecular weight excluding hydrogens is 428 g/mol. The van der Waals surface area contributed by atoms with Crippen molar-refractivity contribution in [2.45, 2.75) is 53.9 Å². The Balaban J connectivity index is 0.000000250. The maximum absolute atomic E-state index is 10.9. The van der Waals surface area contributed by atoms with E-state index in [4.69, 9.17) is 4.74 Å². The number of Topliss-reactive ketones (excluding diaryl/α,β-unsaturated/α-hetero) is 1. The van der Waals surface area contributed by atoms with Crippen LogP contribution in [0.2, 0.25) is 0 Å². The van der Waals surface area contributed by atoms with Crippen molar-refractivity contribution in [1.29, 1.82) is 0 Å². The first-order chi connectivity index (χ1) is 16.2. The number of piperidine rings is 1. The lowest BCUT2D eigenvalue weighted by Gasteiger charge is -2.18. The van der Waals surface area contributed by atoms with Gasteiger partial charge in [0.1, 0.15) is 11.5 Å². The zero-order valence-corrected chi connectivity index (χ0v) is 21.0. The highest BCUT2D eigenvalue weighted by Gasteiger charge is 2.17. The van der Waals surface area contributed by atoms with Crippen molar-refractivity contribution >= 4 is 17.4 Å². The molecule has 4 rings (SSSR count). The van der Waals surface area contributed by atoms with E-state index in [1.807, 2.05) is 24.3 Å². The highest BCUT2D eigenvalue weighted by Crippen LogP contribution is 2.33. The Morgan fingerprint density at radius 2 is 2.00 bits per heavy atom. The number of nitrogens with one attached hydrogen (secondary N) is 2. The Kier molecular flexibility index (Phi) is 13.1. The van der Waals surface area contributed by atoms with Gasteiger partial charge in [0.05, 0.1) is 5.69 Å². The average molecular weight is 467 g/mol. The number of anilines is 1. The second-order valence-electron chi connectivity index (χ2n) is 8.32. The number of amides is 1. The van der Waals surface area contributed by atoms with Crippen LogP contribution in [0.5, 0.6) is 11.5 Å². The van der Waals surface area contributed by atoms with Crippen LogP contribution < -0.4 is 15.4 Å². The van der Waals surface area contributed by atoms with Gasteiger partial charge in [-0.3, -0.25) is 9.59 Å². The van der Waals surface area contributed by atoms with Crippen molar-refractivity contribution in [1.82, 2.24) is 5.32 Å². The summed E-state index contributed by atoms with van der Waals surface area (Å²) in [5.41, 5.74) is 3.29. The van der Waals surface area contributed by atoms with Gasteiger partial charge in [-0.1, -0.05) is 32.0 Å². The van der Waals surface area contributed by atoms with E-state index < -0.39 is 0 Å². The van der Waals surface area contributed by atoms with E-state index in [0.29, 0.717) is 11.4 Å². The smallest absolute Gasteiger partial charge is 0.262 e. The lowest BCUT2D eigenvalue weighted by Crippen LogP contribution is -2.27. The van der Waals surface area contributed by atoms with Crippen LogP contribution in [0.4, 0.5) is 5.69 Å². The van der Waals surface area contributed by atoms with Gasteiger partial charge in [0.2, 0.25) is 0 Å². The van der Waals surface area contributed by atoms with Crippen LogP contribution >= 0.6 is 0 Å². The molecule has 2 aromatic rings. The highest BCUT2D eigenvalue weighted by atomic mass is 16.5. The van der Waals surface area contributed by atoms with E-state index in [2.05, 4.69) is 36.8 Å². The molecule has 0 bridgehead atoms. The number of aromatic hydroxyl groups is 1. The summed E-state index contributed by atoms with van der Waals surface area (Å²) in [5, 5.41) is 15.3. The van der Waals surface area contributed by atoms with Crippen molar-refractivity contribution in [3.8, 4) is 23.8 Å². The lowest BCUT2D eigenvalue weighted by molar-refractivity contribution is -0.118. The second kappa shape index (κ2) is 15.5. The van der Waals surface area contributed by atoms with E-state index in [-0.39, 0.29) is 24.0 Å². The van der Waals surface area contributed by atoms with E-state index in [0.717, 1.165) is 23.5 Å². The fourth-order valence-corrected chi connectivity index (χ4v) is 3.25. The summed E-state index contributed by atoms with van der Waals surface area (Å²) in [6.07, 6.45) is 8.38. The third kappa shape index (κ3) is 10.5. The van der Waals surface area contributed by atoms with E-state index >= 15 is 0 Å². The van der Waals surface area contributed by atoms with Crippen LogP contribution in [0.1, 0.15) is 62.0 Å². The van der Waals surface area contributed by atoms with Crippen molar-refractivity contribution in [3.63, 3.8) is 0 Å². The Bertz CT molecular complexity index is 973. The summed E-state index contributed by atoms with van der Waals surface area (Å²) in [6.45, 7) is 11.9. The number of benzene rings is 2. The van der Waals surface area contributed by atoms with Gasteiger partial charge in [0.15, 0.2) is 12.4 Å². The largest absolute Gasteiger partial charge is 0.508 e. The molecule has 0 aliphatic carbocycles. The first kappa shape index (κ1) is 28.7. The Morgan fingerprint density at radius 1 is 1.29 bits per heavy atom. The first-order valence-corrected chi connectivity index (χ1v) is 11.7. The minimum Gasteiger partial charge on any atom is -0.508 e. The SMILES string of the molecule is C#CC.CCc1cccc(C(C)=O)c1.C[C@H]1CCCNC1.Cc1cc2c(cc1O)NC(=O)CO2. The predicted octanol–water partition coefficient (Wildman–Crippen LogP) is 5.13. The molecule has 34 heavy (non-hydrogen) atoms. The van der Waals surface area contributed by atoms with E-state index in [9.17, 15) is 14.7 Å². The topological polar surface area (TPSA) is 87.7 Å². The van der Waals surface area contributed by atoms with Crippen LogP contribution in [0.25, 0.3) is 0 Å². The van der Waals surface area contributed by atoms with Gasteiger partial charge >= 0.3 is 0 Å². The fraction of sp³-hybridized carbons (Fsp3) is 0.429. The van der Waals surface area contributed by atoms with E-state index in [1.54, 1.807) is 26.8 Å². The molecule has 2 heterocycles. The van der Waals surface area contributed by atoms with Crippen LogP contribution in [0.3, 0.4) is 0 Å². The highest BCUT2D eigenvalue weighted by molar-refractivity contribution is 5.95. The third-order valence-electron chi connectivity index (χ3n) is 5.22. The molecule has 2 aliphatic rings. The number of ether oxygens (including phenoxy) is 1. The first-order valence-electron chi connectivity index (χ1n) is 11.7. The minimum atomic E-state index is -0.198. The van der Waals surface area contributed by atoms with Crippen molar-refractivity contribution in [2.75, 3.05) is 25.0 Å². The van der Waals surface area contributed by atoms with Crippen LogP contribution in [0.15, 0.2) is 36.4 Å². The molecule has 1 saturated heterocycles. The number of hydrogen-bond donors (Lipinski definition) is 3. The average Bonchev–Trinajstić information content (AvgIpc) is 2.82. The molecule has 1 fully saturated rings. The molecule has 0 spiro atoms. The standard InChI is InChI=1S/C10H12O.C9H9NO3.C6H13N.C3H4/c1-3-9-5-4-6-10(7-9)8(2)11;1-5-2-8-6(3-7(5)11)10-9(12)4-13-8;1-6-3-2-4-7-5-6;1-3-2/h4-7H,3H2,1-2H3;2-3,11H,4H2,1H3,(H,10,12);6-7H,2-5H2,1H3;1H,2H3/t;;6-;/m..0./s1. The molecule has 2 aliphatic heterocycles. The number of ketones is 1. The predicted molar refractivity (Wildman–Crippen MR) is 139 cm³/mol. The maximum atomic E-state index is 10.9. The monoisotopic (exact) mass is 466 g/mol. The van der Waals surface area contributed by atoms with Crippen LogP contribution in [0, 0.1) is 25.2 Å². The number of fused-ring (bicyclic) bond motifs is 1. The van der Waals surface area contributed by atoms with Gasteiger partial charge in [-0.2, -0.15) is 0 Å². The number of phenolic OH excluding ortho intramolecular Hbond substituents is 1. The summed E-state index contributed by atoms with van der Waals surface area (Å²) < 4.78 is 5.15. The third-order valence-corrected chi connectivity index (χ3v) is 5.22. The quantitative estimate of drug-likeness (QED) is 0.422. The number of rotatable bonds is 2. The Hall–Kier alpha value is -3.30. The fourth-order valence-electron chi connectivity index (χ4n) is 3.25. The molecule has 0 unspecified atom stereocenters. The van der Waals surface area contributed by atoms with Crippen LogP contribution in [-0.2, 0) is 11.2 Å². The molecule has 2 aromatic carbocycles. The molecular formula is C28H38N2O4. The Labute approximate surface area is 204 Å². The summed E-state index contributed by atoms with van der Waals surface area (Å²) in [7, 11) is 0. The molecule has 1 amide bonds. The van der Waals surface area contributed by atoms with Gasteiger partial charge in [-0.15, -0.1) is 12.3 Å². The van der Waals surface area contributed by atoms with Crippen molar-refractivity contribution in [2.24, 2.45) is 5.92 Å². The second-order valence-corrected chi connectivity index (χ2v) is 8.32. The normalized spacial score (nSPS) is 15.6. The summed E-state index contributed by atoms with van der Waals surface area (Å²) in [5.74, 6) is 3.88. The van der Waals surface area contributed by atoms with Gasteiger partial charge in [-0.05, 0) is 82.3 Å². The molecule has 1 atom stereocenters. The van der Waals surface area contributed by atoms with Gasteiger partial charge in [0.25, 0.3) is 5.91 Å². The van der Waals surface area contributed by atoms with Crippen LogP contribution in [-0.4, -0.2) is 36.5 Å². The van der Waals surface area contributed by atoms with Crippen molar-refractivity contribution < 1.29 is 19.4 Å². The number of hydrogen-bond acceptors (Lipinski definition) is 5. The molecule has 184 valence electrons. The zero-order valence-electron chi connectivity index (χ0n) is 21.0. The summed E-state index contributed by atoms with van der Waals surface area (Å²) >= 11 is 0. The Morgan fingerprint density at radius 3 is 2.53 bits per heavy atom. The number of terminal acetylenes is 1. The number of phenols is 1. The molecule has 6 heteroatoms. The molecule has 0 saturated carbocycles. The summed E-state index contributed by atoms with van der Waals surface area (Å²) in [4.78, 5) is 21.8. The van der Waals surface area contributed by atoms with E-state index in [1.165, 1.54) is 37.6 Å². The van der Waals surface area contributed by atoms with Gasteiger partial charge < -0.3 is 20.5 Å². The molecule has 6 nitrogen and oxygen atoms in total. The summed E-state index contributed by atoms with van der Waals surface area (Å²) in [6, 6.07) is 10.9. The maximum Gasteiger partial charge on any atom is 0.262 e. The minimum absolute atomic E-state index is 0.0389. The lowest BCUT2D eigenvalue weighted by atomic mass is 10.0. The molecule has 0 aromatic heterocycles. The molecule has 3 N–H and O–H groups in total. The number of carbonyl (C=O) groups is 2. The number of aryl methyl sites for hydroxylation is 2.